The first kappa shape index (κ1) is 11.6. The van der Waals surface area contributed by atoms with E-state index in [1.807, 2.05) is 0 Å². The average molecular weight is 216 g/mol. The number of carbonyl (C=O) groups is 1. The highest BCUT2D eigenvalue weighted by molar-refractivity contribution is 5.76. The van der Waals surface area contributed by atoms with Crippen LogP contribution in [0, 0.1) is 18.6 Å². The summed E-state index contributed by atoms with van der Waals surface area (Å²) in [6, 6.07) is 1.70. The number of benzene rings is 1. The topological polar surface area (TPSA) is 46.5 Å². The molecule has 0 bridgehead atoms. The number of aliphatic hydroxyl groups is 1. The number of rotatable bonds is 2. The third kappa shape index (κ3) is 2.30. The molecule has 15 heavy (non-hydrogen) atoms. The van der Waals surface area contributed by atoms with E-state index in [2.05, 4.69) is 4.74 Å². The van der Waals surface area contributed by atoms with Crippen molar-refractivity contribution in [2.75, 3.05) is 7.11 Å². The van der Waals surface area contributed by atoms with Crippen LogP contribution in [0.3, 0.4) is 0 Å². The van der Waals surface area contributed by atoms with E-state index in [1.54, 1.807) is 0 Å². The zero-order valence-corrected chi connectivity index (χ0v) is 8.25. The van der Waals surface area contributed by atoms with Crippen LogP contribution in [0.4, 0.5) is 8.78 Å². The molecule has 1 atom stereocenters. The van der Waals surface area contributed by atoms with Crippen LogP contribution in [0.5, 0.6) is 0 Å². The Morgan fingerprint density at radius 2 is 2.00 bits per heavy atom. The van der Waals surface area contributed by atoms with E-state index in [-0.39, 0.29) is 5.56 Å². The first-order chi connectivity index (χ1) is 6.97. The minimum Gasteiger partial charge on any atom is -0.467 e. The standard InChI is InChI=1S/C10H10F2O3/c1-5-3-8(12)6(4-7(5)11)9(13)10(14)15-2/h3-4,9,13H,1-2H3. The molecule has 3 nitrogen and oxygen atoms in total. The molecule has 0 aliphatic carbocycles. The SMILES string of the molecule is COC(=O)C(O)c1cc(F)c(C)cc1F. The summed E-state index contributed by atoms with van der Waals surface area (Å²) in [6.07, 6.45) is -1.80. The fraction of sp³-hybridized carbons (Fsp3) is 0.300. The van der Waals surface area contributed by atoms with Crippen LogP contribution in [0.25, 0.3) is 0 Å². The fourth-order valence-electron chi connectivity index (χ4n) is 1.11. The van der Waals surface area contributed by atoms with E-state index < -0.39 is 29.3 Å². The number of hydrogen-bond donors (Lipinski definition) is 1. The Kier molecular flexibility index (Phi) is 3.36. The van der Waals surface area contributed by atoms with Gasteiger partial charge in [-0.25, -0.2) is 13.6 Å². The predicted octanol–water partition coefficient (Wildman–Crippen LogP) is 1.48. The molecule has 0 fully saturated rings. The summed E-state index contributed by atoms with van der Waals surface area (Å²) in [5, 5.41) is 9.30. The zero-order chi connectivity index (χ0) is 11.6. The van der Waals surface area contributed by atoms with Gasteiger partial charge in [0.1, 0.15) is 11.6 Å². The molecule has 0 heterocycles. The molecule has 82 valence electrons. The molecule has 1 rings (SSSR count). The molecule has 0 saturated carbocycles. The van der Waals surface area contributed by atoms with E-state index in [0.717, 1.165) is 19.2 Å². The van der Waals surface area contributed by atoms with E-state index in [9.17, 15) is 18.7 Å². The first-order valence-corrected chi connectivity index (χ1v) is 4.18. The number of methoxy groups -OCH3 is 1. The van der Waals surface area contributed by atoms with Gasteiger partial charge in [0.05, 0.1) is 7.11 Å². The van der Waals surface area contributed by atoms with Crippen LogP contribution < -0.4 is 0 Å². The fourth-order valence-corrected chi connectivity index (χ4v) is 1.11. The maximum Gasteiger partial charge on any atom is 0.339 e. The number of aryl methyl sites for hydroxylation is 1. The summed E-state index contributed by atoms with van der Waals surface area (Å²) in [4.78, 5) is 10.9. The molecule has 0 saturated heterocycles. The van der Waals surface area contributed by atoms with E-state index in [4.69, 9.17) is 0 Å². The summed E-state index contributed by atoms with van der Waals surface area (Å²) in [6.45, 7) is 1.38. The van der Waals surface area contributed by atoms with Gasteiger partial charge >= 0.3 is 5.97 Å². The smallest absolute Gasteiger partial charge is 0.339 e. The summed E-state index contributed by atoms with van der Waals surface area (Å²) < 4.78 is 30.5. The molecule has 0 aliphatic heterocycles. The molecule has 5 heteroatoms. The number of ether oxygens (including phenoxy) is 1. The van der Waals surface area contributed by atoms with Crippen molar-refractivity contribution in [1.29, 1.82) is 0 Å². The van der Waals surface area contributed by atoms with Crippen LogP contribution in [-0.4, -0.2) is 18.2 Å². The zero-order valence-electron chi connectivity index (χ0n) is 8.25. The largest absolute Gasteiger partial charge is 0.467 e. The van der Waals surface area contributed by atoms with Crippen LogP contribution >= 0.6 is 0 Å². The molecule has 1 aromatic carbocycles. The van der Waals surface area contributed by atoms with Crippen LogP contribution in [0.15, 0.2) is 12.1 Å². The Morgan fingerprint density at radius 3 is 2.53 bits per heavy atom. The van der Waals surface area contributed by atoms with Gasteiger partial charge in [0.25, 0.3) is 0 Å². The molecule has 0 amide bonds. The molecule has 1 unspecified atom stereocenters. The summed E-state index contributed by atoms with van der Waals surface area (Å²) in [5.41, 5.74) is -0.321. The molecule has 0 aromatic heterocycles. The van der Waals surface area contributed by atoms with E-state index >= 15 is 0 Å². The summed E-state index contributed by atoms with van der Waals surface area (Å²) >= 11 is 0. The Labute approximate surface area is 85.3 Å². The molecular weight excluding hydrogens is 206 g/mol. The Balaban J connectivity index is 3.14. The number of halogens is 2. The van der Waals surface area contributed by atoms with Crippen LogP contribution in [0.2, 0.25) is 0 Å². The lowest BCUT2D eigenvalue weighted by molar-refractivity contribution is -0.150. The second kappa shape index (κ2) is 4.35. The van der Waals surface area contributed by atoms with Crippen molar-refractivity contribution in [3.05, 3.63) is 34.9 Å². The first-order valence-electron chi connectivity index (χ1n) is 4.18. The third-order valence-electron chi connectivity index (χ3n) is 2.00. The van der Waals surface area contributed by atoms with Gasteiger partial charge in [0.2, 0.25) is 0 Å². The van der Waals surface area contributed by atoms with Gasteiger partial charge in [0, 0.05) is 5.56 Å². The number of hydrogen-bond acceptors (Lipinski definition) is 3. The number of aliphatic hydroxyl groups excluding tert-OH is 1. The monoisotopic (exact) mass is 216 g/mol. The average Bonchev–Trinajstić information content (AvgIpc) is 2.21. The highest BCUT2D eigenvalue weighted by Crippen LogP contribution is 2.21. The van der Waals surface area contributed by atoms with Crippen LogP contribution in [0.1, 0.15) is 17.2 Å². The van der Waals surface area contributed by atoms with Crippen molar-refractivity contribution in [3.63, 3.8) is 0 Å². The van der Waals surface area contributed by atoms with Gasteiger partial charge in [-0.2, -0.15) is 0 Å². The van der Waals surface area contributed by atoms with Crippen LogP contribution in [-0.2, 0) is 9.53 Å². The lowest BCUT2D eigenvalue weighted by atomic mass is 10.1. The van der Waals surface area contributed by atoms with Crippen molar-refractivity contribution < 1.29 is 23.4 Å². The molecule has 0 radical (unpaired) electrons. The van der Waals surface area contributed by atoms with Crippen molar-refractivity contribution in [2.45, 2.75) is 13.0 Å². The third-order valence-corrected chi connectivity index (χ3v) is 2.00. The van der Waals surface area contributed by atoms with E-state index in [0.29, 0.717) is 0 Å². The molecule has 0 spiro atoms. The van der Waals surface area contributed by atoms with E-state index in [1.165, 1.54) is 6.92 Å². The van der Waals surface area contributed by atoms with Gasteiger partial charge in [-0.3, -0.25) is 0 Å². The van der Waals surface area contributed by atoms with Gasteiger partial charge < -0.3 is 9.84 Å². The number of carbonyl (C=O) groups excluding carboxylic acids is 1. The van der Waals surface area contributed by atoms with Crippen molar-refractivity contribution in [3.8, 4) is 0 Å². The van der Waals surface area contributed by atoms with Crippen molar-refractivity contribution in [2.24, 2.45) is 0 Å². The summed E-state index contributed by atoms with van der Waals surface area (Å²) in [7, 11) is 1.05. The second-order valence-electron chi connectivity index (χ2n) is 3.05. The van der Waals surface area contributed by atoms with Gasteiger partial charge in [-0.05, 0) is 24.6 Å². The van der Waals surface area contributed by atoms with Gasteiger partial charge in [-0.1, -0.05) is 0 Å². The number of esters is 1. The second-order valence-corrected chi connectivity index (χ2v) is 3.05. The quantitative estimate of drug-likeness (QED) is 0.761. The van der Waals surface area contributed by atoms with Gasteiger partial charge in [-0.15, -0.1) is 0 Å². The molecule has 0 aliphatic rings. The normalized spacial score (nSPS) is 12.3. The molecule has 1 N–H and O–H groups in total. The lowest BCUT2D eigenvalue weighted by Crippen LogP contribution is -2.15. The van der Waals surface area contributed by atoms with Crippen molar-refractivity contribution in [1.82, 2.24) is 0 Å². The lowest BCUT2D eigenvalue weighted by Gasteiger charge is -2.10. The Bertz CT molecular complexity index is 390. The maximum absolute atomic E-state index is 13.2. The highest BCUT2D eigenvalue weighted by atomic mass is 19.1. The maximum atomic E-state index is 13.2. The van der Waals surface area contributed by atoms with Gasteiger partial charge in [0.15, 0.2) is 6.10 Å². The Morgan fingerprint density at radius 1 is 1.40 bits per heavy atom. The minimum absolute atomic E-state index is 0.105. The predicted molar refractivity (Wildman–Crippen MR) is 48.1 cm³/mol. The summed E-state index contributed by atoms with van der Waals surface area (Å²) in [5.74, 6) is -2.56. The Hall–Kier alpha value is -1.49. The highest BCUT2D eigenvalue weighted by Gasteiger charge is 2.22. The molecular formula is C10H10F2O3. The molecule has 1 aromatic rings. The van der Waals surface area contributed by atoms with Crippen molar-refractivity contribution >= 4 is 5.97 Å². The minimum atomic E-state index is -1.80.